The van der Waals surface area contributed by atoms with E-state index < -0.39 is 0 Å². The van der Waals surface area contributed by atoms with E-state index in [9.17, 15) is 0 Å². The fourth-order valence-corrected chi connectivity index (χ4v) is 1.56. The maximum Gasteiger partial charge on any atom is 0.0198 e. The Labute approximate surface area is 85.8 Å². The molecule has 1 aromatic rings. The van der Waals surface area contributed by atoms with Crippen LogP contribution in [0.5, 0.6) is 0 Å². The molecule has 0 heterocycles. The smallest absolute Gasteiger partial charge is 0.0198 e. The molecule has 0 unspecified atom stereocenters. The summed E-state index contributed by atoms with van der Waals surface area (Å²) in [4.78, 5) is 0. The summed E-state index contributed by atoms with van der Waals surface area (Å²) in [5.41, 5.74) is 9.47. The van der Waals surface area contributed by atoms with E-state index >= 15 is 0 Å². The van der Waals surface area contributed by atoms with E-state index in [1.54, 1.807) is 0 Å². The van der Waals surface area contributed by atoms with Gasteiger partial charge in [-0.05, 0) is 23.1 Å². The summed E-state index contributed by atoms with van der Waals surface area (Å²) < 4.78 is 0. The lowest BCUT2D eigenvalue weighted by Crippen LogP contribution is -2.08. The molecular weight excluding hydrogens is 172 g/mol. The first-order valence-corrected chi connectivity index (χ1v) is 4.98. The molecule has 1 rings (SSSR count). The van der Waals surface area contributed by atoms with Crippen molar-refractivity contribution in [1.82, 2.24) is 5.32 Å². The van der Waals surface area contributed by atoms with Crippen LogP contribution in [0.1, 0.15) is 18.1 Å². The highest BCUT2D eigenvalue weighted by Gasteiger charge is 2.03. The summed E-state index contributed by atoms with van der Waals surface area (Å²) in [5, 5.41) is 3.03. The van der Waals surface area contributed by atoms with Gasteiger partial charge in [0.1, 0.15) is 0 Å². The first-order chi connectivity index (χ1) is 6.83. The molecule has 3 N–H and O–H groups in total. The highest BCUT2D eigenvalue weighted by molar-refractivity contribution is 5.69. The van der Waals surface area contributed by atoms with Gasteiger partial charge in [0.2, 0.25) is 0 Å². The highest BCUT2D eigenvalue weighted by Crippen LogP contribution is 2.18. The van der Waals surface area contributed by atoms with E-state index in [0.29, 0.717) is 6.54 Å². The van der Waals surface area contributed by atoms with Gasteiger partial charge in [-0.2, -0.15) is 0 Å². The minimum Gasteiger partial charge on any atom is -0.394 e. The van der Waals surface area contributed by atoms with Crippen LogP contribution < -0.4 is 11.1 Å². The van der Waals surface area contributed by atoms with Crippen LogP contribution in [0.4, 0.5) is 0 Å². The zero-order valence-electron chi connectivity index (χ0n) is 8.88. The van der Waals surface area contributed by atoms with Crippen molar-refractivity contribution in [2.45, 2.75) is 13.3 Å². The van der Waals surface area contributed by atoms with Gasteiger partial charge < -0.3 is 11.1 Å². The normalized spacial score (nSPS) is 11.5. The van der Waals surface area contributed by atoms with Crippen LogP contribution in [0.2, 0.25) is 0 Å². The van der Waals surface area contributed by atoms with Crippen LogP contribution >= 0.6 is 0 Å². The zero-order valence-corrected chi connectivity index (χ0v) is 8.88. The van der Waals surface area contributed by atoms with Crippen LogP contribution in [0.15, 0.2) is 30.5 Å². The first kappa shape index (κ1) is 10.8. The topological polar surface area (TPSA) is 38.0 Å². The fraction of sp³-hybridized carbons (Fsp3) is 0.333. The molecule has 0 bridgehead atoms. The van der Waals surface area contributed by atoms with E-state index in [4.69, 9.17) is 5.73 Å². The van der Waals surface area contributed by atoms with Gasteiger partial charge in [0, 0.05) is 19.8 Å². The van der Waals surface area contributed by atoms with Crippen molar-refractivity contribution in [1.29, 1.82) is 0 Å². The van der Waals surface area contributed by atoms with Crippen molar-refractivity contribution < 1.29 is 0 Å². The molecule has 0 radical (unpaired) electrons. The second-order valence-corrected chi connectivity index (χ2v) is 3.17. The molecule has 0 aliphatic heterocycles. The van der Waals surface area contributed by atoms with Gasteiger partial charge in [0.05, 0.1) is 0 Å². The lowest BCUT2D eigenvalue weighted by atomic mass is 9.99. The summed E-state index contributed by atoms with van der Waals surface area (Å²) in [6, 6.07) is 8.38. The van der Waals surface area contributed by atoms with Crippen LogP contribution in [0.25, 0.3) is 5.57 Å². The van der Waals surface area contributed by atoms with Gasteiger partial charge in [-0.1, -0.05) is 31.2 Å². The Bertz CT molecular complexity index is 316. The van der Waals surface area contributed by atoms with Gasteiger partial charge in [-0.3, -0.25) is 0 Å². The van der Waals surface area contributed by atoms with Gasteiger partial charge >= 0.3 is 0 Å². The van der Waals surface area contributed by atoms with Crippen LogP contribution in [0.3, 0.4) is 0 Å². The summed E-state index contributed by atoms with van der Waals surface area (Å²) in [6.07, 6.45) is 3.01. The number of benzene rings is 1. The zero-order chi connectivity index (χ0) is 10.4. The summed E-state index contributed by atoms with van der Waals surface area (Å²) >= 11 is 0. The van der Waals surface area contributed by atoms with Gasteiger partial charge in [0.15, 0.2) is 0 Å². The molecule has 2 heteroatoms. The number of aryl methyl sites for hydroxylation is 1. The standard InChI is InChI=1S/C12H18N2/c1-3-10-6-4-5-7-12(10)11(8-13)9-14-2/h4-7,9,14H,3,8,13H2,1-2H3/b11-9+. The molecule has 0 aliphatic carbocycles. The molecule has 14 heavy (non-hydrogen) atoms. The third-order valence-electron chi connectivity index (χ3n) is 2.28. The van der Waals surface area contributed by atoms with Crippen molar-refractivity contribution in [2.75, 3.05) is 13.6 Å². The van der Waals surface area contributed by atoms with Crippen molar-refractivity contribution in [3.8, 4) is 0 Å². The molecule has 0 fully saturated rings. The molecule has 0 saturated carbocycles. The fourth-order valence-electron chi connectivity index (χ4n) is 1.56. The largest absolute Gasteiger partial charge is 0.394 e. The molecule has 0 saturated heterocycles. The molecule has 0 aliphatic rings. The van der Waals surface area contributed by atoms with Crippen molar-refractivity contribution in [2.24, 2.45) is 5.73 Å². The Kier molecular flexibility index (Phi) is 4.20. The van der Waals surface area contributed by atoms with E-state index in [-0.39, 0.29) is 0 Å². The maximum atomic E-state index is 5.71. The van der Waals surface area contributed by atoms with Crippen molar-refractivity contribution in [3.63, 3.8) is 0 Å². The molecule has 0 spiro atoms. The third-order valence-corrected chi connectivity index (χ3v) is 2.28. The summed E-state index contributed by atoms with van der Waals surface area (Å²) in [6.45, 7) is 2.73. The Morgan fingerprint density at radius 3 is 2.71 bits per heavy atom. The second-order valence-electron chi connectivity index (χ2n) is 3.17. The van der Waals surface area contributed by atoms with Crippen LogP contribution in [-0.4, -0.2) is 13.6 Å². The number of hydrogen-bond acceptors (Lipinski definition) is 2. The van der Waals surface area contributed by atoms with Crippen molar-refractivity contribution in [3.05, 3.63) is 41.6 Å². The molecule has 0 amide bonds. The highest BCUT2D eigenvalue weighted by atomic mass is 14.8. The molecule has 0 aromatic heterocycles. The lowest BCUT2D eigenvalue weighted by molar-refractivity contribution is 1.07. The Morgan fingerprint density at radius 2 is 2.14 bits per heavy atom. The average Bonchev–Trinajstić information content (AvgIpc) is 2.26. The Balaban J connectivity index is 3.09. The number of hydrogen-bond donors (Lipinski definition) is 2. The second kappa shape index (κ2) is 5.45. The maximum absolute atomic E-state index is 5.71. The monoisotopic (exact) mass is 190 g/mol. The minimum absolute atomic E-state index is 0.567. The number of nitrogens with one attached hydrogen (secondary N) is 1. The van der Waals surface area contributed by atoms with E-state index in [1.807, 2.05) is 19.3 Å². The third kappa shape index (κ3) is 2.36. The molecule has 76 valence electrons. The Morgan fingerprint density at radius 1 is 1.43 bits per heavy atom. The molecule has 0 atom stereocenters. The predicted molar refractivity (Wildman–Crippen MR) is 61.9 cm³/mol. The number of rotatable bonds is 4. The van der Waals surface area contributed by atoms with E-state index in [0.717, 1.165) is 12.0 Å². The molecule has 1 aromatic carbocycles. The van der Waals surface area contributed by atoms with Crippen LogP contribution in [0, 0.1) is 0 Å². The minimum atomic E-state index is 0.567. The predicted octanol–water partition coefficient (Wildman–Crippen LogP) is 1.77. The van der Waals surface area contributed by atoms with Crippen LogP contribution in [-0.2, 0) is 6.42 Å². The van der Waals surface area contributed by atoms with Gasteiger partial charge in [-0.25, -0.2) is 0 Å². The van der Waals surface area contributed by atoms with Gasteiger partial charge in [-0.15, -0.1) is 0 Å². The SMILES string of the molecule is CCc1ccccc1/C(=C/NC)CN. The van der Waals surface area contributed by atoms with E-state index in [1.165, 1.54) is 11.1 Å². The summed E-state index contributed by atoms with van der Waals surface area (Å²) in [7, 11) is 1.89. The summed E-state index contributed by atoms with van der Waals surface area (Å²) in [5.74, 6) is 0. The first-order valence-electron chi connectivity index (χ1n) is 4.98. The average molecular weight is 190 g/mol. The Hall–Kier alpha value is -1.28. The lowest BCUT2D eigenvalue weighted by Gasteiger charge is -2.10. The van der Waals surface area contributed by atoms with Crippen molar-refractivity contribution >= 4 is 5.57 Å². The molecule has 2 nitrogen and oxygen atoms in total. The number of nitrogens with two attached hydrogens (primary N) is 1. The molecular formula is C12H18N2. The quantitative estimate of drug-likeness (QED) is 0.759. The van der Waals surface area contributed by atoms with E-state index in [2.05, 4.69) is 30.4 Å². The van der Waals surface area contributed by atoms with Gasteiger partial charge in [0.25, 0.3) is 0 Å².